The fourth-order valence-corrected chi connectivity index (χ4v) is 1.84. The first-order valence-corrected chi connectivity index (χ1v) is 5.90. The molecule has 0 aliphatic carbocycles. The molecule has 2 aromatic rings. The molecule has 0 spiro atoms. The molecule has 0 bridgehead atoms. The molecule has 2 aromatic heterocycles. The molecule has 4 nitrogen and oxygen atoms in total. The van der Waals surface area contributed by atoms with E-state index in [0.29, 0.717) is 5.82 Å². The van der Waals surface area contributed by atoms with Crippen molar-refractivity contribution in [2.24, 2.45) is 0 Å². The first kappa shape index (κ1) is 12.6. The van der Waals surface area contributed by atoms with Gasteiger partial charge < -0.3 is 5.32 Å². The van der Waals surface area contributed by atoms with E-state index in [0.717, 1.165) is 16.1 Å². The van der Waals surface area contributed by atoms with Crippen LogP contribution in [0.5, 0.6) is 0 Å². The van der Waals surface area contributed by atoms with Crippen molar-refractivity contribution in [2.75, 3.05) is 5.32 Å². The summed E-state index contributed by atoms with van der Waals surface area (Å²) in [6.07, 6.45) is 2.82. The monoisotopic (exact) mass is 309 g/mol. The summed E-state index contributed by atoms with van der Waals surface area (Å²) in [5.41, 5.74) is 1.01. The van der Waals surface area contributed by atoms with Gasteiger partial charge in [0.05, 0.1) is 0 Å². The molecule has 0 saturated carbocycles. The number of pyridine rings is 2. The third kappa shape index (κ3) is 2.89. The molecule has 2 rings (SSSR count). The number of nitrogens with one attached hydrogen (secondary N) is 1. The molecule has 0 unspecified atom stereocenters. The van der Waals surface area contributed by atoms with Crippen LogP contribution in [0.4, 0.5) is 10.2 Å². The number of hydrogen-bond acceptors (Lipinski definition) is 3. The zero-order chi connectivity index (χ0) is 13.1. The van der Waals surface area contributed by atoms with Crippen LogP contribution >= 0.6 is 15.9 Å². The average molecular weight is 310 g/mol. The molecule has 0 aromatic carbocycles. The lowest BCUT2D eigenvalue weighted by molar-refractivity contribution is 0.102. The molecular weight excluding hydrogens is 301 g/mol. The second-order valence-electron chi connectivity index (χ2n) is 3.64. The van der Waals surface area contributed by atoms with Gasteiger partial charge in [-0.05, 0) is 40.5 Å². The largest absolute Gasteiger partial charge is 0.306 e. The summed E-state index contributed by atoms with van der Waals surface area (Å²) >= 11 is 3.28. The van der Waals surface area contributed by atoms with Crippen molar-refractivity contribution >= 4 is 27.7 Å². The average Bonchev–Trinajstić information content (AvgIpc) is 2.32. The highest BCUT2D eigenvalue weighted by molar-refractivity contribution is 9.10. The zero-order valence-electron chi connectivity index (χ0n) is 9.45. The van der Waals surface area contributed by atoms with Gasteiger partial charge in [0.1, 0.15) is 5.82 Å². The second kappa shape index (κ2) is 5.22. The van der Waals surface area contributed by atoms with E-state index in [1.54, 1.807) is 6.20 Å². The van der Waals surface area contributed by atoms with E-state index in [9.17, 15) is 9.18 Å². The maximum absolute atomic E-state index is 12.9. The van der Waals surface area contributed by atoms with Crippen molar-refractivity contribution in [3.05, 3.63) is 52.1 Å². The Bertz CT molecular complexity index is 604. The molecule has 1 N–H and O–H groups in total. The third-order valence-corrected chi connectivity index (χ3v) is 2.70. The maximum atomic E-state index is 12.9. The summed E-state index contributed by atoms with van der Waals surface area (Å²) in [6, 6.07) is 4.34. The van der Waals surface area contributed by atoms with Crippen molar-refractivity contribution in [1.82, 2.24) is 9.97 Å². The number of hydrogen-bond donors (Lipinski definition) is 1. The Morgan fingerprint density at radius 1 is 1.39 bits per heavy atom. The molecule has 2 heterocycles. The SMILES string of the molecule is Cc1cc(Br)cnc1NC(=O)c1ccnc(F)c1. The summed E-state index contributed by atoms with van der Waals surface area (Å²) in [5, 5.41) is 2.62. The van der Waals surface area contributed by atoms with Crippen LogP contribution in [0.1, 0.15) is 15.9 Å². The lowest BCUT2D eigenvalue weighted by Crippen LogP contribution is -2.14. The van der Waals surface area contributed by atoms with Gasteiger partial charge in [-0.15, -0.1) is 0 Å². The van der Waals surface area contributed by atoms with Crippen LogP contribution in [0.15, 0.2) is 35.1 Å². The fraction of sp³-hybridized carbons (Fsp3) is 0.0833. The van der Waals surface area contributed by atoms with Crippen molar-refractivity contribution < 1.29 is 9.18 Å². The number of aryl methyl sites for hydroxylation is 1. The number of amides is 1. The lowest BCUT2D eigenvalue weighted by atomic mass is 10.2. The van der Waals surface area contributed by atoms with Crippen molar-refractivity contribution in [3.8, 4) is 0 Å². The number of anilines is 1. The molecule has 6 heteroatoms. The molecule has 1 amide bonds. The molecular formula is C12H9BrFN3O. The summed E-state index contributed by atoms with van der Waals surface area (Å²) in [6.45, 7) is 1.82. The Kier molecular flexibility index (Phi) is 3.66. The van der Waals surface area contributed by atoms with Crippen molar-refractivity contribution in [1.29, 1.82) is 0 Å². The van der Waals surface area contributed by atoms with Gasteiger partial charge in [-0.2, -0.15) is 4.39 Å². The Balaban J connectivity index is 2.21. The number of carbonyl (C=O) groups is 1. The second-order valence-corrected chi connectivity index (χ2v) is 4.56. The van der Waals surface area contributed by atoms with E-state index >= 15 is 0 Å². The highest BCUT2D eigenvalue weighted by Gasteiger charge is 2.09. The minimum Gasteiger partial charge on any atom is -0.306 e. The Morgan fingerprint density at radius 3 is 2.83 bits per heavy atom. The first-order valence-electron chi connectivity index (χ1n) is 5.11. The predicted molar refractivity (Wildman–Crippen MR) is 68.8 cm³/mol. The first-order chi connectivity index (χ1) is 8.56. The molecule has 0 saturated heterocycles. The topological polar surface area (TPSA) is 54.9 Å². The molecule has 0 radical (unpaired) electrons. The van der Waals surface area contributed by atoms with E-state index in [1.165, 1.54) is 12.3 Å². The quantitative estimate of drug-likeness (QED) is 0.868. The van der Waals surface area contributed by atoms with Gasteiger partial charge in [0, 0.05) is 28.5 Å². The van der Waals surface area contributed by atoms with Crippen LogP contribution in [0, 0.1) is 12.9 Å². The number of aromatic nitrogens is 2. The Morgan fingerprint density at radius 2 is 2.17 bits per heavy atom. The van der Waals surface area contributed by atoms with Gasteiger partial charge in [0.25, 0.3) is 5.91 Å². The Hall–Kier alpha value is -1.82. The van der Waals surface area contributed by atoms with Gasteiger partial charge in [-0.1, -0.05) is 0 Å². The molecule has 18 heavy (non-hydrogen) atoms. The van der Waals surface area contributed by atoms with E-state index < -0.39 is 11.9 Å². The standard InChI is InChI=1S/C12H9BrFN3O/c1-7-4-9(13)6-16-11(7)17-12(18)8-2-3-15-10(14)5-8/h2-6H,1H3,(H,16,17,18). The van der Waals surface area contributed by atoms with Crippen molar-refractivity contribution in [3.63, 3.8) is 0 Å². The fourth-order valence-electron chi connectivity index (χ4n) is 1.39. The minimum absolute atomic E-state index is 0.201. The number of halogens is 2. The number of nitrogens with zero attached hydrogens (tertiary/aromatic N) is 2. The molecule has 0 fully saturated rings. The van der Waals surface area contributed by atoms with Crippen LogP contribution in [0.3, 0.4) is 0 Å². The highest BCUT2D eigenvalue weighted by atomic mass is 79.9. The summed E-state index contributed by atoms with van der Waals surface area (Å²) in [5.74, 6) is -0.669. The van der Waals surface area contributed by atoms with Gasteiger partial charge in [-0.25, -0.2) is 9.97 Å². The van der Waals surface area contributed by atoms with E-state index in [-0.39, 0.29) is 5.56 Å². The van der Waals surface area contributed by atoms with Gasteiger partial charge >= 0.3 is 0 Å². The third-order valence-electron chi connectivity index (χ3n) is 2.27. The minimum atomic E-state index is -0.692. The van der Waals surface area contributed by atoms with Crippen LogP contribution in [0.25, 0.3) is 0 Å². The number of rotatable bonds is 2. The lowest BCUT2D eigenvalue weighted by Gasteiger charge is -2.07. The number of carbonyl (C=O) groups excluding carboxylic acids is 1. The molecule has 0 atom stereocenters. The van der Waals surface area contributed by atoms with Crippen LogP contribution in [-0.2, 0) is 0 Å². The molecule has 0 aliphatic heterocycles. The zero-order valence-corrected chi connectivity index (χ0v) is 11.0. The van der Waals surface area contributed by atoms with Crippen molar-refractivity contribution in [2.45, 2.75) is 6.92 Å². The summed E-state index contributed by atoms with van der Waals surface area (Å²) in [7, 11) is 0. The highest BCUT2D eigenvalue weighted by Crippen LogP contribution is 2.17. The van der Waals surface area contributed by atoms with Gasteiger partial charge in [0.2, 0.25) is 5.95 Å². The van der Waals surface area contributed by atoms with Crippen LogP contribution in [0.2, 0.25) is 0 Å². The van der Waals surface area contributed by atoms with Crippen LogP contribution in [-0.4, -0.2) is 15.9 Å². The van der Waals surface area contributed by atoms with Gasteiger partial charge in [-0.3, -0.25) is 4.79 Å². The van der Waals surface area contributed by atoms with E-state index in [1.807, 2.05) is 13.0 Å². The predicted octanol–water partition coefficient (Wildman–Crippen LogP) is 2.94. The molecule has 0 aliphatic rings. The molecule has 92 valence electrons. The van der Waals surface area contributed by atoms with Gasteiger partial charge in [0.15, 0.2) is 0 Å². The Labute approximate surface area is 111 Å². The van der Waals surface area contributed by atoms with Crippen LogP contribution < -0.4 is 5.32 Å². The summed E-state index contributed by atoms with van der Waals surface area (Å²) in [4.78, 5) is 19.3. The normalized spacial score (nSPS) is 10.2. The van der Waals surface area contributed by atoms with E-state index in [2.05, 4.69) is 31.2 Å². The van der Waals surface area contributed by atoms with E-state index in [4.69, 9.17) is 0 Å². The maximum Gasteiger partial charge on any atom is 0.257 e. The smallest absolute Gasteiger partial charge is 0.257 e. The summed E-state index contributed by atoms with van der Waals surface area (Å²) < 4.78 is 13.7.